The normalized spacial score (nSPS) is 7.71. The first-order valence-corrected chi connectivity index (χ1v) is 2.91. The fourth-order valence-electron chi connectivity index (χ4n) is 0.500. The first-order valence-electron chi connectivity index (χ1n) is 2.91. The molecule has 0 saturated heterocycles. The van der Waals surface area contributed by atoms with E-state index in [9.17, 15) is 0 Å². The number of unbranched alkanes of at least 4 members (excludes halogenated alkanes) is 3. The van der Waals surface area contributed by atoms with Gasteiger partial charge in [-0.15, -0.1) is 0 Å². The molecule has 0 bridgehead atoms. The van der Waals surface area contributed by atoms with E-state index < -0.39 is 0 Å². The predicted molar refractivity (Wildman–Crippen MR) is 37.0 cm³/mol. The van der Waals surface area contributed by atoms with Crippen LogP contribution in [0.1, 0.15) is 39.5 Å². The third-order valence-corrected chi connectivity index (χ3v) is 0.957. The van der Waals surface area contributed by atoms with Gasteiger partial charge in [-0.05, 0) is 0 Å². The van der Waals surface area contributed by atoms with Gasteiger partial charge < -0.3 is 0 Å². The van der Waals surface area contributed by atoms with Crippen molar-refractivity contribution in [2.45, 2.75) is 39.5 Å². The summed E-state index contributed by atoms with van der Waals surface area (Å²) in [5.41, 5.74) is 0. The zero-order valence-corrected chi connectivity index (χ0v) is 4.83. The molecule has 0 aromatic carbocycles. The maximum absolute atomic E-state index is 2.23. The Bertz CT molecular complexity index is 16.1. The first kappa shape index (κ1) is 11.4. The molecular formula is C6H15K. The summed E-state index contributed by atoms with van der Waals surface area (Å²) in [5, 5.41) is 0. The van der Waals surface area contributed by atoms with Crippen LogP contribution in [0.15, 0.2) is 0 Å². The van der Waals surface area contributed by atoms with E-state index in [-0.39, 0.29) is 51.4 Å². The van der Waals surface area contributed by atoms with Crippen LogP contribution in [-0.4, -0.2) is 51.4 Å². The SMILES string of the molecule is CCCCCC.[KH]. The van der Waals surface area contributed by atoms with Crippen LogP contribution in [0.3, 0.4) is 0 Å². The molecule has 0 spiro atoms. The Balaban J connectivity index is 0. The molecule has 0 fully saturated rings. The van der Waals surface area contributed by atoms with Crippen LogP contribution in [0.2, 0.25) is 0 Å². The van der Waals surface area contributed by atoms with Gasteiger partial charge in [-0.1, -0.05) is 39.5 Å². The summed E-state index contributed by atoms with van der Waals surface area (Å²) in [6.07, 6.45) is 5.54. The molecule has 0 heterocycles. The van der Waals surface area contributed by atoms with Crippen molar-refractivity contribution in [3.8, 4) is 0 Å². The average molecular weight is 126 g/mol. The minimum atomic E-state index is 0. The molecule has 0 unspecified atom stereocenters. The first-order chi connectivity index (χ1) is 2.91. The van der Waals surface area contributed by atoms with Crippen LogP contribution in [0.25, 0.3) is 0 Å². The van der Waals surface area contributed by atoms with Crippen LogP contribution >= 0.6 is 0 Å². The molecule has 0 aliphatic carbocycles. The van der Waals surface area contributed by atoms with Crippen LogP contribution in [-0.2, 0) is 0 Å². The molecule has 0 nitrogen and oxygen atoms in total. The van der Waals surface area contributed by atoms with E-state index in [2.05, 4.69) is 13.8 Å². The van der Waals surface area contributed by atoms with Crippen molar-refractivity contribution in [2.75, 3.05) is 0 Å². The predicted octanol–water partition coefficient (Wildman–Crippen LogP) is 1.94. The molecule has 0 aliphatic heterocycles. The van der Waals surface area contributed by atoms with Gasteiger partial charge in [0.25, 0.3) is 0 Å². The Labute approximate surface area is 89.5 Å². The molecule has 0 N–H and O–H groups in total. The number of rotatable bonds is 3. The van der Waals surface area contributed by atoms with Gasteiger partial charge in [0, 0.05) is 0 Å². The van der Waals surface area contributed by atoms with Crippen LogP contribution in [0.5, 0.6) is 0 Å². The summed E-state index contributed by atoms with van der Waals surface area (Å²) in [6, 6.07) is 0. The third-order valence-electron chi connectivity index (χ3n) is 0.957. The Morgan fingerprint density at radius 1 is 0.857 bits per heavy atom. The number of hydrogen-bond donors (Lipinski definition) is 0. The molecule has 0 aliphatic rings. The van der Waals surface area contributed by atoms with E-state index >= 15 is 0 Å². The van der Waals surface area contributed by atoms with Gasteiger partial charge in [0.05, 0.1) is 0 Å². The Morgan fingerprint density at radius 3 is 1.29 bits per heavy atom. The van der Waals surface area contributed by atoms with Crippen LogP contribution < -0.4 is 0 Å². The molecular weight excluding hydrogens is 111 g/mol. The van der Waals surface area contributed by atoms with E-state index in [1.54, 1.807) is 0 Å². The zero-order valence-electron chi connectivity index (χ0n) is 4.83. The minimum absolute atomic E-state index is 0. The Hall–Kier alpha value is 1.64. The zero-order chi connectivity index (χ0) is 4.83. The molecule has 0 radical (unpaired) electrons. The van der Waals surface area contributed by atoms with Gasteiger partial charge in [0.2, 0.25) is 0 Å². The monoisotopic (exact) mass is 126 g/mol. The van der Waals surface area contributed by atoms with Crippen molar-refractivity contribution in [3.63, 3.8) is 0 Å². The van der Waals surface area contributed by atoms with Crippen molar-refractivity contribution in [2.24, 2.45) is 0 Å². The van der Waals surface area contributed by atoms with Crippen molar-refractivity contribution in [1.29, 1.82) is 0 Å². The molecule has 1 heteroatoms. The van der Waals surface area contributed by atoms with Gasteiger partial charge in [-0.2, -0.15) is 0 Å². The van der Waals surface area contributed by atoms with Gasteiger partial charge in [-0.25, -0.2) is 0 Å². The second-order valence-corrected chi connectivity index (χ2v) is 1.71. The molecule has 0 saturated carbocycles. The van der Waals surface area contributed by atoms with Crippen LogP contribution in [0, 0.1) is 0 Å². The third kappa shape index (κ3) is 11.3. The van der Waals surface area contributed by atoms with E-state index in [0.717, 1.165) is 0 Å². The fraction of sp³-hybridized carbons (Fsp3) is 1.00. The second-order valence-electron chi connectivity index (χ2n) is 1.71. The van der Waals surface area contributed by atoms with Crippen molar-refractivity contribution < 1.29 is 0 Å². The second kappa shape index (κ2) is 10.6. The molecule has 40 valence electrons. The summed E-state index contributed by atoms with van der Waals surface area (Å²) >= 11 is 0. The summed E-state index contributed by atoms with van der Waals surface area (Å²) in [4.78, 5) is 0. The Morgan fingerprint density at radius 2 is 1.14 bits per heavy atom. The van der Waals surface area contributed by atoms with Gasteiger partial charge in [0.15, 0.2) is 0 Å². The Kier molecular flexibility index (Phi) is 17.3. The fourth-order valence-corrected chi connectivity index (χ4v) is 0.500. The molecule has 0 atom stereocenters. The van der Waals surface area contributed by atoms with Crippen LogP contribution in [0.4, 0.5) is 0 Å². The van der Waals surface area contributed by atoms with Gasteiger partial charge in [0.1, 0.15) is 0 Å². The standard InChI is InChI=1S/C6H14.K.H/c1-3-5-6-4-2;;/h3-6H2,1-2H3;;. The molecule has 0 amide bonds. The summed E-state index contributed by atoms with van der Waals surface area (Å²) in [5.74, 6) is 0. The average Bonchev–Trinajstić information content (AvgIpc) is 1.61. The van der Waals surface area contributed by atoms with E-state index in [0.29, 0.717) is 0 Å². The molecule has 0 aromatic rings. The quantitative estimate of drug-likeness (QED) is 0.400. The van der Waals surface area contributed by atoms with E-state index in [1.165, 1.54) is 25.7 Å². The van der Waals surface area contributed by atoms with E-state index in [1.807, 2.05) is 0 Å². The maximum atomic E-state index is 2.23. The summed E-state index contributed by atoms with van der Waals surface area (Å²) in [6.45, 7) is 4.46. The van der Waals surface area contributed by atoms with Crippen molar-refractivity contribution >= 4 is 51.4 Å². The summed E-state index contributed by atoms with van der Waals surface area (Å²) in [7, 11) is 0. The summed E-state index contributed by atoms with van der Waals surface area (Å²) < 4.78 is 0. The van der Waals surface area contributed by atoms with Crippen molar-refractivity contribution in [1.82, 2.24) is 0 Å². The molecule has 0 aromatic heterocycles. The van der Waals surface area contributed by atoms with E-state index in [4.69, 9.17) is 0 Å². The molecule has 0 rings (SSSR count). The van der Waals surface area contributed by atoms with Gasteiger partial charge in [-0.3, -0.25) is 0 Å². The topological polar surface area (TPSA) is 0 Å². The number of hydrogen-bond acceptors (Lipinski definition) is 0. The van der Waals surface area contributed by atoms with Gasteiger partial charge >= 0.3 is 51.4 Å². The van der Waals surface area contributed by atoms with Crippen molar-refractivity contribution in [3.05, 3.63) is 0 Å². The molecule has 7 heavy (non-hydrogen) atoms.